The van der Waals surface area contributed by atoms with E-state index in [0.717, 1.165) is 18.9 Å². The van der Waals surface area contributed by atoms with E-state index in [2.05, 4.69) is 123 Å². The van der Waals surface area contributed by atoms with Crippen LogP contribution in [-0.4, -0.2) is 24.5 Å². The van der Waals surface area contributed by atoms with Crippen molar-refractivity contribution in [3.63, 3.8) is 0 Å². The third-order valence-electron chi connectivity index (χ3n) is 9.26. The Morgan fingerprint density at radius 3 is 1.79 bits per heavy atom. The molecule has 0 spiro atoms. The Morgan fingerprint density at radius 2 is 1.33 bits per heavy atom. The molecule has 0 atom stereocenters. The van der Waals surface area contributed by atoms with E-state index in [1.807, 2.05) is 41.5 Å². The van der Waals surface area contributed by atoms with E-state index in [-0.39, 0.29) is 6.84 Å². The van der Waals surface area contributed by atoms with Crippen LogP contribution >= 0.6 is 0 Å². The molecule has 0 amide bonds. The monoisotopic (exact) mass is 665 g/mol. The van der Waals surface area contributed by atoms with Crippen molar-refractivity contribution in [2.75, 3.05) is 19.6 Å². The number of rotatable bonds is 9. The van der Waals surface area contributed by atoms with E-state index >= 15 is 0 Å². The molecule has 2 aliphatic carbocycles. The summed E-state index contributed by atoms with van der Waals surface area (Å²) in [4.78, 5) is 2.43. The van der Waals surface area contributed by atoms with Gasteiger partial charge in [0.05, 0.1) is 0 Å². The van der Waals surface area contributed by atoms with Crippen molar-refractivity contribution >= 4 is 5.57 Å². The molecule has 2 aliphatic rings. The van der Waals surface area contributed by atoms with Crippen molar-refractivity contribution in [3.05, 3.63) is 64.8 Å². The van der Waals surface area contributed by atoms with E-state index in [0.29, 0.717) is 5.41 Å². The van der Waals surface area contributed by atoms with E-state index in [1.54, 1.807) is 0 Å². The minimum Gasteiger partial charge on any atom is -0.302 e. The molecule has 1 saturated carbocycles. The zero-order valence-corrected chi connectivity index (χ0v) is 35.5. The number of hydrogen-bond acceptors (Lipinski definition) is 1. The summed E-state index contributed by atoms with van der Waals surface area (Å²) in [7, 11) is 0. The lowest BCUT2D eigenvalue weighted by atomic mass is 9.63. The highest BCUT2D eigenvalue weighted by Gasteiger charge is 2.36. The van der Waals surface area contributed by atoms with Crippen LogP contribution in [-0.2, 0) is 10.8 Å². The molecule has 1 aromatic carbocycles. The number of hydrogen-bond donors (Lipinski definition) is 0. The van der Waals surface area contributed by atoms with Gasteiger partial charge in [-0.15, -0.1) is 12.3 Å². The van der Waals surface area contributed by atoms with E-state index in [4.69, 9.17) is 6.42 Å². The number of fused-ring (bicyclic) bond motifs is 1. The van der Waals surface area contributed by atoms with Gasteiger partial charge >= 0.3 is 0 Å². The summed E-state index contributed by atoms with van der Waals surface area (Å²) in [6.45, 7) is 38.2. The van der Waals surface area contributed by atoms with Crippen LogP contribution < -0.4 is 0 Å². The molecule has 1 aromatic rings. The Balaban J connectivity index is -0.000000325. The first-order valence-corrected chi connectivity index (χ1v) is 20.2. The van der Waals surface area contributed by atoms with Crippen LogP contribution in [0, 0.1) is 18.3 Å². The fourth-order valence-corrected chi connectivity index (χ4v) is 6.04. The molecule has 1 heteroatoms. The van der Waals surface area contributed by atoms with Crippen LogP contribution in [0.5, 0.6) is 0 Å². The van der Waals surface area contributed by atoms with Gasteiger partial charge in [-0.05, 0) is 98.6 Å². The highest BCUT2D eigenvalue weighted by molar-refractivity contribution is 5.67. The van der Waals surface area contributed by atoms with Gasteiger partial charge < -0.3 is 4.90 Å². The molecule has 1 nitrogen and oxygen atoms in total. The predicted octanol–water partition coefficient (Wildman–Crippen LogP) is 15.3. The van der Waals surface area contributed by atoms with Crippen LogP contribution in [0.25, 0.3) is 5.57 Å². The second kappa shape index (κ2) is 31.0. The highest BCUT2D eigenvalue weighted by Crippen LogP contribution is 2.46. The van der Waals surface area contributed by atoms with Crippen LogP contribution in [0.15, 0.2) is 48.1 Å². The van der Waals surface area contributed by atoms with Gasteiger partial charge in [0.1, 0.15) is 0 Å². The summed E-state index contributed by atoms with van der Waals surface area (Å²) >= 11 is 0. The molecular formula is C47H86N. The lowest BCUT2D eigenvalue weighted by molar-refractivity contribution is 0.281. The van der Waals surface area contributed by atoms with Crippen molar-refractivity contribution in [3.8, 4) is 12.3 Å². The Labute approximate surface area is 306 Å². The second-order valence-electron chi connectivity index (χ2n) is 14.2. The zero-order chi connectivity index (χ0) is 37.6. The largest absolute Gasteiger partial charge is 0.302 e. The first-order chi connectivity index (χ1) is 22.9. The van der Waals surface area contributed by atoms with E-state index < -0.39 is 0 Å². The normalized spacial score (nSPS) is 16.8. The van der Waals surface area contributed by atoms with E-state index in [9.17, 15) is 0 Å². The molecule has 1 fully saturated rings. The average molecular weight is 665 g/mol. The van der Waals surface area contributed by atoms with Gasteiger partial charge in [-0.25, -0.2) is 0 Å². The number of terminal acetylenes is 1. The topological polar surface area (TPSA) is 3.24 Å². The Bertz CT molecular complexity index is 1020. The minimum absolute atomic E-state index is 0. The van der Waals surface area contributed by atoms with Gasteiger partial charge in [-0.1, -0.05) is 177 Å². The Kier molecular flexibility index (Phi) is 32.5. The lowest BCUT2D eigenvalue weighted by Crippen LogP contribution is -2.33. The third kappa shape index (κ3) is 21.8. The van der Waals surface area contributed by atoms with Crippen LogP contribution in [0.4, 0.5) is 0 Å². The average Bonchev–Trinajstić information content (AvgIpc) is 3.36. The molecule has 0 heterocycles. The fourth-order valence-electron chi connectivity index (χ4n) is 6.04. The van der Waals surface area contributed by atoms with Crippen molar-refractivity contribution in [2.24, 2.45) is 5.92 Å². The standard InChI is InChI=1S/C23H32.C10H19N.C8H16.3C2H6.H/c1-8-17(2)10-9-11-18(3)19-12-13-20-21(16-19)23(6,7)15-14-22(20,4)5;1-4-7-10-11(8-5-2)9-6-3;1-8-6-4-2-3-5-7-8;3*1-2;/h8-13,16H,14-15H2,1-7H3;1H,5-10H2,2-3H3;8H,2-7H2,1H3;3*1-2H3;/b10-9-,17-8+,18-11+;;;;;;. The van der Waals surface area contributed by atoms with Crippen LogP contribution in [0.2, 0.25) is 0 Å². The summed E-state index contributed by atoms with van der Waals surface area (Å²) in [5.41, 5.74) is 7.60. The quantitative estimate of drug-likeness (QED) is 0.144. The van der Waals surface area contributed by atoms with Crippen molar-refractivity contribution < 1.29 is 1.43 Å². The Hall–Kier alpha value is -2.04. The van der Waals surface area contributed by atoms with Gasteiger partial charge in [0.25, 0.3) is 0 Å². The smallest absolute Gasteiger partial charge is 0.0214 e. The maximum Gasteiger partial charge on any atom is 0.0214 e. The zero-order valence-electron chi connectivity index (χ0n) is 36.5. The molecule has 3 rings (SSSR count). The van der Waals surface area contributed by atoms with Crippen molar-refractivity contribution in [1.82, 2.24) is 4.90 Å². The molecule has 48 heavy (non-hydrogen) atoms. The minimum atomic E-state index is 0. The predicted molar refractivity (Wildman–Crippen MR) is 226 cm³/mol. The summed E-state index contributed by atoms with van der Waals surface area (Å²) in [6.07, 6.45) is 28.7. The maximum absolute atomic E-state index is 5.19. The molecule has 0 aromatic heterocycles. The lowest BCUT2D eigenvalue weighted by Gasteiger charge is -2.42. The SMILES string of the molecule is C#CCCN(CCC)CCC.C/C=C(C)/C=C\C=C(/C)c1ccc2c(c1)C(C)(C)CCC2(C)C.CC.CC.CC.CC1CCCCCC1.[H]. The van der Waals surface area contributed by atoms with Gasteiger partial charge in [0.15, 0.2) is 0 Å². The third-order valence-corrected chi connectivity index (χ3v) is 9.26. The molecule has 0 saturated heterocycles. The van der Waals surface area contributed by atoms with Gasteiger partial charge in [-0.3, -0.25) is 0 Å². The molecule has 0 N–H and O–H groups in total. The molecule has 279 valence electrons. The summed E-state index contributed by atoms with van der Waals surface area (Å²) in [5.74, 6) is 3.70. The molecule has 0 aliphatic heterocycles. The molecular weight excluding hydrogens is 579 g/mol. The number of benzene rings is 1. The number of allylic oxidation sites excluding steroid dienone is 6. The Morgan fingerprint density at radius 1 is 0.833 bits per heavy atom. The van der Waals surface area contributed by atoms with Gasteiger partial charge in [0.2, 0.25) is 0 Å². The summed E-state index contributed by atoms with van der Waals surface area (Å²) < 4.78 is 0. The van der Waals surface area contributed by atoms with Gasteiger partial charge in [-0.2, -0.15) is 0 Å². The summed E-state index contributed by atoms with van der Waals surface area (Å²) in [6, 6.07) is 7.09. The number of nitrogens with zero attached hydrogens (tertiary/aromatic N) is 1. The molecule has 0 bridgehead atoms. The van der Waals surface area contributed by atoms with Crippen molar-refractivity contribution in [1.29, 1.82) is 0 Å². The summed E-state index contributed by atoms with van der Waals surface area (Å²) in [5, 5.41) is 0. The van der Waals surface area contributed by atoms with Crippen LogP contribution in [0.1, 0.15) is 200 Å². The first kappa shape index (κ1) is 50.3. The molecule has 0 unspecified atom stereocenters. The maximum atomic E-state index is 5.19. The van der Waals surface area contributed by atoms with Crippen molar-refractivity contribution in [2.45, 2.75) is 192 Å². The molecule has 1 radical (unpaired) electrons. The van der Waals surface area contributed by atoms with Gasteiger partial charge in [0, 0.05) is 14.4 Å². The second-order valence-corrected chi connectivity index (χ2v) is 14.2. The highest BCUT2D eigenvalue weighted by atomic mass is 15.1. The first-order valence-electron chi connectivity index (χ1n) is 20.2. The van der Waals surface area contributed by atoms with Crippen LogP contribution in [0.3, 0.4) is 0 Å². The fraction of sp³-hybridized carbons (Fsp3) is 0.702. The van der Waals surface area contributed by atoms with E-state index in [1.165, 1.54) is 105 Å².